The Morgan fingerprint density at radius 2 is 2.11 bits per heavy atom. The highest BCUT2D eigenvalue weighted by molar-refractivity contribution is 6.20. The number of nitrogens with zero attached hydrogens (tertiary/aromatic N) is 2. The Bertz CT molecular complexity index is 510. The summed E-state index contributed by atoms with van der Waals surface area (Å²) in [6, 6.07) is 8.19. The molecule has 0 N–H and O–H groups in total. The van der Waals surface area contributed by atoms with Crippen LogP contribution in [-0.4, -0.2) is 10.1 Å². The van der Waals surface area contributed by atoms with Crippen molar-refractivity contribution in [3.8, 4) is 0 Å². The third-order valence-electron chi connectivity index (χ3n) is 2.91. The third-order valence-corrected chi connectivity index (χ3v) is 3.32. The first-order chi connectivity index (χ1) is 8.70. The Morgan fingerprint density at radius 3 is 2.83 bits per heavy atom. The van der Waals surface area contributed by atoms with E-state index in [0.29, 0.717) is 18.1 Å². The first kappa shape index (κ1) is 13.1. The van der Waals surface area contributed by atoms with Gasteiger partial charge in [-0.2, -0.15) is 4.98 Å². The van der Waals surface area contributed by atoms with Crippen molar-refractivity contribution in [2.45, 2.75) is 38.5 Å². The molecule has 0 aliphatic carbocycles. The van der Waals surface area contributed by atoms with E-state index in [4.69, 9.17) is 16.1 Å². The summed E-state index contributed by atoms with van der Waals surface area (Å²) < 4.78 is 5.25. The predicted molar refractivity (Wildman–Crippen MR) is 71.8 cm³/mol. The number of halogens is 1. The molecule has 1 heterocycles. The maximum atomic E-state index is 6.17. The van der Waals surface area contributed by atoms with Crippen molar-refractivity contribution in [2.75, 3.05) is 0 Å². The number of hydrogen-bond donors (Lipinski definition) is 0. The van der Waals surface area contributed by atoms with Gasteiger partial charge < -0.3 is 4.52 Å². The quantitative estimate of drug-likeness (QED) is 0.765. The normalized spacial score (nSPS) is 12.6. The summed E-state index contributed by atoms with van der Waals surface area (Å²) in [7, 11) is 0. The van der Waals surface area contributed by atoms with Crippen molar-refractivity contribution in [1.29, 1.82) is 0 Å². The summed E-state index contributed by atoms with van der Waals surface area (Å²) in [6.07, 6.45) is 2.54. The Balaban J connectivity index is 2.09. The Kier molecular flexibility index (Phi) is 4.37. The molecule has 1 aromatic carbocycles. The molecule has 96 valence electrons. The highest BCUT2D eigenvalue weighted by Crippen LogP contribution is 2.23. The molecule has 1 aromatic heterocycles. The molecular formula is C14H17ClN2O. The molecular weight excluding hydrogens is 248 g/mol. The number of benzene rings is 1. The van der Waals surface area contributed by atoms with Crippen molar-refractivity contribution in [1.82, 2.24) is 10.1 Å². The minimum Gasteiger partial charge on any atom is -0.339 e. The van der Waals surface area contributed by atoms with Gasteiger partial charge in [0.2, 0.25) is 5.89 Å². The van der Waals surface area contributed by atoms with E-state index in [-0.39, 0.29) is 5.38 Å². The molecule has 2 rings (SSSR count). The summed E-state index contributed by atoms with van der Waals surface area (Å²) in [5.74, 6) is 1.23. The molecule has 0 radical (unpaired) electrons. The van der Waals surface area contributed by atoms with Gasteiger partial charge in [0.1, 0.15) is 0 Å². The van der Waals surface area contributed by atoms with E-state index in [9.17, 15) is 0 Å². The maximum Gasteiger partial charge on any atom is 0.231 e. The Labute approximate surface area is 112 Å². The molecule has 2 aromatic rings. The van der Waals surface area contributed by atoms with Crippen LogP contribution in [0.4, 0.5) is 0 Å². The third kappa shape index (κ3) is 3.10. The van der Waals surface area contributed by atoms with Gasteiger partial charge in [-0.25, -0.2) is 0 Å². The van der Waals surface area contributed by atoms with E-state index in [1.54, 1.807) is 0 Å². The molecule has 18 heavy (non-hydrogen) atoms. The first-order valence-corrected chi connectivity index (χ1v) is 6.65. The second kappa shape index (κ2) is 6.01. The molecule has 0 saturated carbocycles. The van der Waals surface area contributed by atoms with Crippen LogP contribution in [-0.2, 0) is 6.42 Å². The second-order valence-electron chi connectivity index (χ2n) is 4.41. The fourth-order valence-electron chi connectivity index (χ4n) is 1.82. The highest BCUT2D eigenvalue weighted by Gasteiger charge is 2.15. The van der Waals surface area contributed by atoms with Crippen molar-refractivity contribution in [3.63, 3.8) is 0 Å². The lowest BCUT2D eigenvalue weighted by atomic mass is 10.1. The van der Waals surface area contributed by atoms with Crippen molar-refractivity contribution in [3.05, 3.63) is 47.1 Å². The maximum absolute atomic E-state index is 6.17. The molecule has 0 bridgehead atoms. The Morgan fingerprint density at radius 1 is 1.33 bits per heavy atom. The molecule has 3 nitrogen and oxygen atoms in total. The predicted octanol–water partition coefficient (Wildman–Crippen LogP) is 4.05. The lowest BCUT2D eigenvalue weighted by molar-refractivity contribution is 0.378. The molecule has 0 spiro atoms. The van der Waals surface area contributed by atoms with Gasteiger partial charge in [0.05, 0.1) is 11.8 Å². The molecule has 1 atom stereocenters. The molecule has 0 amide bonds. The zero-order valence-corrected chi connectivity index (χ0v) is 11.4. The SMILES string of the molecule is CCCC(Cl)c1noc(Cc2ccccc2C)n1. The van der Waals surface area contributed by atoms with Crippen LogP contribution in [0.5, 0.6) is 0 Å². The summed E-state index contributed by atoms with van der Waals surface area (Å²) in [5.41, 5.74) is 2.43. The van der Waals surface area contributed by atoms with Gasteiger partial charge in [-0.1, -0.05) is 42.8 Å². The van der Waals surface area contributed by atoms with Gasteiger partial charge in [0, 0.05) is 0 Å². The Hall–Kier alpha value is -1.35. The lowest BCUT2D eigenvalue weighted by Gasteiger charge is -2.01. The van der Waals surface area contributed by atoms with Crippen LogP contribution in [0.3, 0.4) is 0 Å². The largest absolute Gasteiger partial charge is 0.339 e. The zero-order chi connectivity index (χ0) is 13.0. The molecule has 0 fully saturated rings. The lowest BCUT2D eigenvalue weighted by Crippen LogP contribution is -1.95. The van der Waals surface area contributed by atoms with Crippen LogP contribution >= 0.6 is 11.6 Å². The van der Waals surface area contributed by atoms with Gasteiger partial charge in [-0.05, 0) is 24.5 Å². The van der Waals surface area contributed by atoms with Crippen LogP contribution < -0.4 is 0 Å². The van der Waals surface area contributed by atoms with Crippen molar-refractivity contribution < 1.29 is 4.52 Å². The van der Waals surface area contributed by atoms with Crippen LogP contribution in [0, 0.1) is 6.92 Å². The van der Waals surface area contributed by atoms with E-state index >= 15 is 0 Å². The second-order valence-corrected chi connectivity index (χ2v) is 4.93. The van der Waals surface area contributed by atoms with Crippen LogP contribution in [0.15, 0.2) is 28.8 Å². The summed E-state index contributed by atoms with van der Waals surface area (Å²) in [4.78, 5) is 4.36. The summed E-state index contributed by atoms with van der Waals surface area (Å²) in [6.45, 7) is 4.16. The van der Waals surface area contributed by atoms with E-state index in [0.717, 1.165) is 12.8 Å². The number of hydrogen-bond acceptors (Lipinski definition) is 3. The average molecular weight is 265 g/mol. The molecule has 4 heteroatoms. The van der Waals surface area contributed by atoms with Crippen LogP contribution in [0.25, 0.3) is 0 Å². The highest BCUT2D eigenvalue weighted by atomic mass is 35.5. The van der Waals surface area contributed by atoms with E-state index in [1.165, 1.54) is 11.1 Å². The van der Waals surface area contributed by atoms with E-state index in [2.05, 4.69) is 36.1 Å². The number of aromatic nitrogens is 2. The van der Waals surface area contributed by atoms with Crippen molar-refractivity contribution in [2.24, 2.45) is 0 Å². The monoisotopic (exact) mass is 264 g/mol. The van der Waals surface area contributed by atoms with Crippen LogP contribution in [0.1, 0.15) is 48.0 Å². The van der Waals surface area contributed by atoms with Gasteiger partial charge in [0.15, 0.2) is 5.82 Å². The average Bonchev–Trinajstić information content (AvgIpc) is 2.81. The van der Waals surface area contributed by atoms with Gasteiger partial charge in [-0.15, -0.1) is 11.6 Å². The molecule has 0 aliphatic rings. The smallest absolute Gasteiger partial charge is 0.231 e. The first-order valence-electron chi connectivity index (χ1n) is 6.21. The fraction of sp³-hybridized carbons (Fsp3) is 0.429. The molecule has 0 aliphatic heterocycles. The van der Waals surface area contributed by atoms with Crippen molar-refractivity contribution >= 4 is 11.6 Å². The molecule has 1 unspecified atom stereocenters. The van der Waals surface area contributed by atoms with E-state index < -0.39 is 0 Å². The minimum absolute atomic E-state index is 0.149. The van der Waals surface area contributed by atoms with Gasteiger partial charge >= 0.3 is 0 Å². The number of alkyl halides is 1. The summed E-state index contributed by atoms with van der Waals surface area (Å²) in [5, 5.41) is 3.79. The van der Waals surface area contributed by atoms with E-state index in [1.807, 2.05) is 12.1 Å². The minimum atomic E-state index is -0.149. The number of aryl methyl sites for hydroxylation is 1. The van der Waals surface area contributed by atoms with Gasteiger partial charge in [0.25, 0.3) is 0 Å². The fourth-order valence-corrected chi connectivity index (χ4v) is 2.13. The topological polar surface area (TPSA) is 38.9 Å². The zero-order valence-electron chi connectivity index (χ0n) is 10.7. The van der Waals surface area contributed by atoms with Crippen LogP contribution in [0.2, 0.25) is 0 Å². The summed E-state index contributed by atoms with van der Waals surface area (Å²) >= 11 is 6.17. The van der Waals surface area contributed by atoms with Gasteiger partial charge in [-0.3, -0.25) is 0 Å². The molecule has 0 saturated heterocycles. The number of rotatable bonds is 5. The standard InChI is InChI=1S/C14H17ClN2O/c1-3-6-12(15)14-16-13(18-17-14)9-11-8-5-4-7-10(11)2/h4-5,7-8,12H,3,6,9H2,1-2H3.